The van der Waals surface area contributed by atoms with Crippen molar-refractivity contribution in [2.45, 2.75) is 26.5 Å². The first-order chi connectivity index (χ1) is 9.47. The Morgan fingerprint density at radius 3 is 2.95 bits per heavy atom. The van der Waals surface area contributed by atoms with E-state index in [4.69, 9.17) is 0 Å². The molecule has 0 saturated carbocycles. The van der Waals surface area contributed by atoms with Crippen molar-refractivity contribution in [3.63, 3.8) is 0 Å². The highest BCUT2D eigenvalue weighted by Gasteiger charge is 2.11. The molecule has 0 aliphatic rings. The van der Waals surface area contributed by atoms with Gasteiger partial charge in [0, 0.05) is 25.5 Å². The number of aromatic nitrogens is 2. The van der Waals surface area contributed by atoms with Crippen LogP contribution in [0, 0.1) is 6.92 Å². The molecular weight excluding hydrogens is 256 g/mol. The van der Waals surface area contributed by atoms with Crippen LogP contribution in [0.15, 0.2) is 24.4 Å². The first-order valence-corrected chi connectivity index (χ1v) is 6.58. The molecule has 2 aromatic rings. The smallest absolute Gasteiger partial charge is 0.317 e. The zero-order valence-corrected chi connectivity index (χ0v) is 12.0. The van der Waals surface area contributed by atoms with Gasteiger partial charge >= 0.3 is 6.03 Å². The second-order valence-corrected chi connectivity index (χ2v) is 5.02. The minimum atomic E-state index is -0.538. The number of nitrogens with zero attached hydrogens (tertiary/aromatic N) is 3. The number of carbonyl (C=O) groups excluding carboxylic acids is 1. The fourth-order valence-corrected chi connectivity index (χ4v) is 2.06. The predicted molar refractivity (Wildman–Crippen MR) is 76.5 cm³/mol. The number of hydrogen-bond acceptors (Lipinski definition) is 3. The van der Waals surface area contributed by atoms with Crippen LogP contribution in [0.3, 0.4) is 0 Å². The molecule has 2 N–H and O–H groups in total. The molecule has 108 valence electrons. The van der Waals surface area contributed by atoms with Gasteiger partial charge in [-0.2, -0.15) is 0 Å². The Balaban J connectivity index is 1.99. The summed E-state index contributed by atoms with van der Waals surface area (Å²) in [5.74, 6) is 0. The molecule has 2 aromatic heterocycles. The molecule has 0 aliphatic heterocycles. The summed E-state index contributed by atoms with van der Waals surface area (Å²) in [6.45, 7) is 4.32. The first-order valence-electron chi connectivity index (χ1n) is 6.58. The summed E-state index contributed by atoms with van der Waals surface area (Å²) >= 11 is 0. The van der Waals surface area contributed by atoms with Crippen LogP contribution in [0.1, 0.15) is 18.3 Å². The van der Waals surface area contributed by atoms with Crippen LogP contribution in [0.25, 0.3) is 5.65 Å². The van der Waals surface area contributed by atoms with E-state index >= 15 is 0 Å². The van der Waals surface area contributed by atoms with E-state index in [2.05, 4.69) is 10.3 Å². The lowest BCUT2D eigenvalue weighted by Crippen LogP contribution is -2.40. The molecule has 0 bridgehead atoms. The zero-order valence-electron chi connectivity index (χ0n) is 12.0. The van der Waals surface area contributed by atoms with E-state index in [1.54, 1.807) is 14.0 Å². The number of fused-ring (bicyclic) bond motifs is 1. The molecule has 6 nitrogen and oxygen atoms in total. The number of hydrogen-bond donors (Lipinski definition) is 2. The Hall–Kier alpha value is -2.08. The molecule has 0 aliphatic carbocycles. The Labute approximate surface area is 118 Å². The van der Waals surface area contributed by atoms with Gasteiger partial charge in [0.15, 0.2) is 0 Å². The third-order valence-electron chi connectivity index (χ3n) is 3.05. The van der Waals surface area contributed by atoms with Crippen molar-refractivity contribution in [2.75, 3.05) is 13.6 Å². The summed E-state index contributed by atoms with van der Waals surface area (Å²) < 4.78 is 1.99. The van der Waals surface area contributed by atoms with Gasteiger partial charge in [-0.3, -0.25) is 0 Å². The number of imidazole rings is 1. The molecule has 2 rings (SSSR count). The molecule has 0 aromatic carbocycles. The minimum Gasteiger partial charge on any atom is -0.392 e. The van der Waals surface area contributed by atoms with Crippen molar-refractivity contribution in [1.82, 2.24) is 19.6 Å². The molecule has 6 heteroatoms. The largest absolute Gasteiger partial charge is 0.392 e. The van der Waals surface area contributed by atoms with Crippen molar-refractivity contribution in [1.29, 1.82) is 0 Å². The Morgan fingerprint density at radius 1 is 1.55 bits per heavy atom. The van der Waals surface area contributed by atoms with Crippen LogP contribution >= 0.6 is 0 Å². The Bertz CT molecular complexity index is 606. The van der Waals surface area contributed by atoms with E-state index in [-0.39, 0.29) is 6.03 Å². The van der Waals surface area contributed by atoms with Crippen LogP contribution < -0.4 is 5.32 Å². The van der Waals surface area contributed by atoms with E-state index in [1.165, 1.54) is 4.90 Å². The van der Waals surface area contributed by atoms with Gasteiger partial charge < -0.3 is 19.7 Å². The van der Waals surface area contributed by atoms with Crippen molar-refractivity contribution < 1.29 is 9.90 Å². The summed E-state index contributed by atoms with van der Waals surface area (Å²) in [6.07, 6.45) is 1.38. The van der Waals surface area contributed by atoms with Crippen LogP contribution in [0.2, 0.25) is 0 Å². The highest BCUT2D eigenvalue weighted by molar-refractivity contribution is 5.73. The molecule has 0 saturated heterocycles. The molecular formula is C14H20N4O2. The van der Waals surface area contributed by atoms with E-state index in [0.29, 0.717) is 13.1 Å². The van der Waals surface area contributed by atoms with Gasteiger partial charge in [0.1, 0.15) is 5.65 Å². The SMILES string of the molecule is Cc1cccc2nc(CNC(=O)N(C)CC(C)O)cn12. The lowest BCUT2D eigenvalue weighted by Gasteiger charge is -2.18. The predicted octanol–water partition coefficient (Wildman–Crippen LogP) is 1.16. The number of aliphatic hydroxyl groups excluding tert-OH is 1. The summed E-state index contributed by atoms with van der Waals surface area (Å²) in [6, 6.07) is 5.67. The second-order valence-electron chi connectivity index (χ2n) is 5.02. The Morgan fingerprint density at radius 2 is 2.30 bits per heavy atom. The lowest BCUT2D eigenvalue weighted by molar-refractivity contribution is 0.143. The maximum Gasteiger partial charge on any atom is 0.317 e. The molecule has 1 atom stereocenters. The van der Waals surface area contributed by atoms with E-state index in [9.17, 15) is 9.90 Å². The summed E-state index contributed by atoms with van der Waals surface area (Å²) in [7, 11) is 1.65. The zero-order chi connectivity index (χ0) is 14.7. The van der Waals surface area contributed by atoms with Crippen molar-refractivity contribution in [2.24, 2.45) is 0 Å². The van der Waals surface area contributed by atoms with E-state index in [1.807, 2.05) is 35.7 Å². The number of pyridine rings is 1. The van der Waals surface area contributed by atoms with Gasteiger partial charge in [-0.15, -0.1) is 0 Å². The number of amides is 2. The average molecular weight is 276 g/mol. The molecule has 0 fully saturated rings. The molecule has 2 heterocycles. The number of rotatable bonds is 4. The average Bonchev–Trinajstić information content (AvgIpc) is 2.79. The molecule has 1 unspecified atom stereocenters. The molecule has 0 radical (unpaired) electrons. The molecule has 20 heavy (non-hydrogen) atoms. The van der Waals surface area contributed by atoms with Crippen LogP contribution in [-0.4, -0.2) is 45.1 Å². The van der Waals surface area contributed by atoms with Crippen molar-refractivity contribution in [3.05, 3.63) is 35.8 Å². The van der Waals surface area contributed by atoms with E-state index < -0.39 is 6.10 Å². The quantitative estimate of drug-likeness (QED) is 0.880. The highest BCUT2D eigenvalue weighted by Crippen LogP contribution is 2.08. The number of aryl methyl sites for hydroxylation is 1. The summed E-state index contributed by atoms with van der Waals surface area (Å²) in [4.78, 5) is 17.7. The fourth-order valence-electron chi connectivity index (χ4n) is 2.06. The highest BCUT2D eigenvalue weighted by atomic mass is 16.3. The van der Waals surface area contributed by atoms with Gasteiger partial charge in [-0.1, -0.05) is 6.07 Å². The second kappa shape index (κ2) is 5.92. The minimum absolute atomic E-state index is 0.223. The van der Waals surface area contributed by atoms with Crippen LogP contribution in [0.5, 0.6) is 0 Å². The fraction of sp³-hybridized carbons (Fsp3) is 0.429. The lowest BCUT2D eigenvalue weighted by atomic mass is 10.4. The van der Waals surface area contributed by atoms with Gasteiger partial charge in [0.25, 0.3) is 0 Å². The van der Waals surface area contributed by atoms with Gasteiger partial charge in [0.05, 0.1) is 18.3 Å². The van der Waals surface area contributed by atoms with Crippen molar-refractivity contribution >= 4 is 11.7 Å². The van der Waals surface area contributed by atoms with Gasteiger partial charge in [-0.25, -0.2) is 9.78 Å². The van der Waals surface area contributed by atoms with Gasteiger partial charge in [0.2, 0.25) is 0 Å². The van der Waals surface area contributed by atoms with Crippen LogP contribution in [0.4, 0.5) is 4.79 Å². The third-order valence-corrected chi connectivity index (χ3v) is 3.05. The molecule has 2 amide bonds. The third kappa shape index (κ3) is 3.27. The number of aliphatic hydroxyl groups is 1. The van der Waals surface area contributed by atoms with E-state index in [0.717, 1.165) is 17.0 Å². The summed E-state index contributed by atoms with van der Waals surface area (Å²) in [5.41, 5.74) is 2.77. The topological polar surface area (TPSA) is 69.9 Å². The number of urea groups is 1. The normalized spacial score (nSPS) is 12.4. The number of nitrogens with one attached hydrogen (secondary N) is 1. The standard InChI is InChI=1S/C14H20N4O2/c1-10-5-4-6-13-16-12(9-18(10)13)7-15-14(20)17(3)8-11(2)19/h4-6,9,11,19H,7-8H2,1-3H3,(H,15,20). The number of carbonyl (C=O) groups is 1. The Kier molecular flexibility index (Phi) is 4.24. The molecule has 0 spiro atoms. The van der Waals surface area contributed by atoms with Gasteiger partial charge in [-0.05, 0) is 26.0 Å². The number of likely N-dealkylation sites (N-methyl/N-ethyl adjacent to an activating group) is 1. The van der Waals surface area contributed by atoms with Crippen molar-refractivity contribution in [3.8, 4) is 0 Å². The maximum atomic E-state index is 11.8. The maximum absolute atomic E-state index is 11.8. The van der Waals surface area contributed by atoms with Crippen LogP contribution in [-0.2, 0) is 6.54 Å². The monoisotopic (exact) mass is 276 g/mol. The summed E-state index contributed by atoms with van der Waals surface area (Å²) in [5, 5.41) is 12.0. The first kappa shape index (κ1) is 14.3.